The lowest BCUT2D eigenvalue weighted by Crippen LogP contribution is -2.15. The molecule has 1 aliphatic rings. The Bertz CT molecular complexity index is 352. The Morgan fingerprint density at radius 1 is 1.41 bits per heavy atom. The molecule has 94 valence electrons. The quantitative estimate of drug-likeness (QED) is 0.704. The molecule has 0 N–H and O–H groups in total. The van der Waals surface area contributed by atoms with Crippen LogP contribution in [0.4, 0.5) is 4.39 Å². The smallest absolute Gasteiger partial charge is 0.123 e. The molecule has 1 fully saturated rings. The molecule has 0 radical (unpaired) electrons. The molecule has 2 rings (SSSR count). The first kappa shape index (κ1) is 13.0. The number of halogens is 2. The molecule has 1 unspecified atom stereocenters. The fourth-order valence-corrected chi connectivity index (χ4v) is 2.66. The zero-order valence-electron chi connectivity index (χ0n) is 9.87. The highest BCUT2D eigenvalue weighted by atomic mass is 79.9. The Kier molecular flexibility index (Phi) is 4.99. The van der Waals surface area contributed by atoms with Gasteiger partial charge in [-0.05, 0) is 30.0 Å². The van der Waals surface area contributed by atoms with Crippen molar-refractivity contribution in [3.05, 3.63) is 35.6 Å². The van der Waals surface area contributed by atoms with Crippen LogP contribution in [0.1, 0.15) is 37.4 Å². The fraction of sp³-hybridized carbons (Fsp3) is 0.571. The van der Waals surface area contributed by atoms with Gasteiger partial charge in [-0.1, -0.05) is 47.3 Å². The predicted molar refractivity (Wildman–Crippen MR) is 70.8 cm³/mol. The maximum absolute atomic E-state index is 13.1. The lowest BCUT2D eigenvalue weighted by atomic mass is 9.83. The monoisotopic (exact) mass is 300 g/mol. The van der Waals surface area contributed by atoms with Gasteiger partial charge in [0.05, 0.1) is 6.10 Å². The summed E-state index contributed by atoms with van der Waals surface area (Å²) in [6, 6.07) is 6.66. The van der Waals surface area contributed by atoms with Crippen molar-refractivity contribution in [2.45, 2.75) is 31.8 Å². The molecule has 0 heterocycles. The predicted octanol–water partition coefficient (Wildman–Crippen LogP) is 4.47. The van der Waals surface area contributed by atoms with E-state index < -0.39 is 0 Å². The van der Waals surface area contributed by atoms with E-state index in [1.54, 1.807) is 12.1 Å². The van der Waals surface area contributed by atoms with Crippen molar-refractivity contribution >= 4 is 15.9 Å². The Labute approximate surface area is 110 Å². The van der Waals surface area contributed by atoms with Crippen molar-refractivity contribution in [3.8, 4) is 0 Å². The number of hydrogen-bond acceptors (Lipinski definition) is 1. The third-order valence-electron chi connectivity index (χ3n) is 3.43. The summed E-state index contributed by atoms with van der Waals surface area (Å²) in [5.41, 5.74) is 0.912. The average Bonchev–Trinajstić information content (AvgIpc) is 2.27. The van der Waals surface area contributed by atoms with Gasteiger partial charge in [-0.15, -0.1) is 0 Å². The van der Waals surface area contributed by atoms with Gasteiger partial charge >= 0.3 is 0 Å². The van der Waals surface area contributed by atoms with Crippen LogP contribution < -0.4 is 0 Å². The molecular weight excluding hydrogens is 283 g/mol. The lowest BCUT2D eigenvalue weighted by Gasteiger charge is -2.26. The standard InChI is InChI=1S/C14H18BrFO/c15-10-14(12-5-2-6-13(16)9-12)17-8-7-11-3-1-4-11/h2,5-6,9,11,14H,1,3-4,7-8,10H2. The summed E-state index contributed by atoms with van der Waals surface area (Å²) in [7, 11) is 0. The van der Waals surface area contributed by atoms with E-state index >= 15 is 0 Å². The first-order valence-corrected chi connectivity index (χ1v) is 7.35. The van der Waals surface area contributed by atoms with E-state index in [1.807, 2.05) is 6.07 Å². The Balaban J connectivity index is 1.82. The van der Waals surface area contributed by atoms with E-state index in [9.17, 15) is 4.39 Å². The number of benzene rings is 1. The number of hydrogen-bond donors (Lipinski definition) is 0. The summed E-state index contributed by atoms with van der Waals surface area (Å²) in [4.78, 5) is 0. The highest BCUT2D eigenvalue weighted by molar-refractivity contribution is 9.09. The first-order valence-electron chi connectivity index (χ1n) is 6.22. The second-order valence-electron chi connectivity index (χ2n) is 4.65. The van der Waals surface area contributed by atoms with Gasteiger partial charge < -0.3 is 4.74 Å². The van der Waals surface area contributed by atoms with Crippen molar-refractivity contribution in [2.24, 2.45) is 5.92 Å². The van der Waals surface area contributed by atoms with Crippen molar-refractivity contribution < 1.29 is 9.13 Å². The molecule has 1 aliphatic carbocycles. The lowest BCUT2D eigenvalue weighted by molar-refractivity contribution is 0.0519. The molecule has 1 atom stereocenters. The maximum atomic E-state index is 13.1. The minimum Gasteiger partial charge on any atom is -0.373 e. The Hall–Kier alpha value is -0.410. The van der Waals surface area contributed by atoms with Crippen LogP contribution in [-0.2, 0) is 4.74 Å². The molecule has 0 saturated heterocycles. The molecule has 1 aromatic carbocycles. The third-order valence-corrected chi connectivity index (χ3v) is 4.02. The van der Waals surface area contributed by atoms with E-state index in [1.165, 1.54) is 25.3 Å². The van der Waals surface area contributed by atoms with E-state index in [4.69, 9.17) is 4.74 Å². The SMILES string of the molecule is Fc1cccc(C(CBr)OCCC2CCC2)c1. The maximum Gasteiger partial charge on any atom is 0.123 e. The van der Waals surface area contributed by atoms with Gasteiger partial charge in [-0.3, -0.25) is 0 Å². The van der Waals surface area contributed by atoms with Crippen LogP contribution in [0.2, 0.25) is 0 Å². The van der Waals surface area contributed by atoms with Crippen LogP contribution in [0.5, 0.6) is 0 Å². The molecule has 1 nitrogen and oxygen atoms in total. The van der Waals surface area contributed by atoms with E-state index in [2.05, 4.69) is 15.9 Å². The molecule has 1 saturated carbocycles. The van der Waals surface area contributed by atoms with Gasteiger partial charge in [0.1, 0.15) is 5.82 Å². The van der Waals surface area contributed by atoms with Crippen LogP contribution in [0.3, 0.4) is 0 Å². The van der Waals surface area contributed by atoms with Crippen LogP contribution >= 0.6 is 15.9 Å². The van der Waals surface area contributed by atoms with Crippen LogP contribution in [0.15, 0.2) is 24.3 Å². The van der Waals surface area contributed by atoms with Crippen LogP contribution in [0.25, 0.3) is 0 Å². The average molecular weight is 301 g/mol. The highest BCUT2D eigenvalue weighted by Crippen LogP contribution is 2.30. The normalized spacial score (nSPS) is 17.8. The molecule has 3 heteroatoms. The minimum absolute atomic E-state index is 0.0363. The first-order chi connectivity index (χ1) is 8.29. The van der Waals surface area contributed by atoms with Gasteiger partial charge in [0.25, 0.3) is 0 Å². The van der Waals surface area contributed by atoms with Gasteiger partial charge in [-0.25, -0.2) is 4.39 Å². The second kappa shape index (κ2) is 6.50. The van der Waals surface area contributed by atoms with E-state index in [0.717, 1.165) is 24.5 Å². The largest absolute Gasteiger partial charge is 0.373 e. The number of ether oxygens (including phenoxy) is 1. The summed E-state index contributed by atoms with van der Waals surface area (Å²) in [5.74, 6) is 0.662. The number of alkyl halides is 1. The fourth-order valence-electron chi connectivity index (χ4n) is 2.10. The zero-order valence-corrected chi connectivity index (χ0v) is 11.5. The van der Waals surface area contributed by atoms with Gasteiger partial charge in [0.2, 0.25) is 0 Å². The van der Waals surface area contributed by atoms with Crippen molar-refractivity contribution in [1.29, 1.82) is 0 Å². The molecule has 0 spiro atoms. The van der Waals surface area contributed by atoms with Gasteiger partial charge in [0.15, 0.2) is 0 Å². The van der Waals surface area contributed by atoms with Gasteiger partial charge in [-0.2, -0.15) is 0 Å². The molecule has 1 aromatic rings. The summed E-state index contributed by atoms with van der Waals surface area (Å²) >= 11 is 3.43. The molecule has 0 amide bonds. The highest BCUT2D eigenvalue weighted by Gasteiger charge is 2.18. The summed E-state index contributed by atoms with van der Waals surface area (Å²) in [6.45, 7) is 0.775. The molecule has 17 heavy (non-hydrogen) atoms. The van der Waals surface area contributed by atoms with Gasteiger partial charge in [0, 0.05) is 11.9 Å². The summed E-state index contributed by atoms with van der Waals surface area (Å²) in [5, 5.41) is 0.709. The van der Waals surface area contributed by atoms with Crippen molar-refractivity contribution in [2.75, 3.05) is 11.9 Å². The van der Waals surface area contributed by atoms with Crippen LogP contribution in [-0.4, -0.2) is 11.9 Å². The number of rotatable bonds is 6. The van der Waals surface area contributed by atoms with Crippen molar-refractivity contribution in [3.63, 3.8) is 0 Å². The zero-order chi connectivity index (χ0) is 12.1. The van der Waals surface area contributed by atoms with E-state index in [-0.39, 0.29) is 11.9 Å². The second-order valence-corrected chi connectivity index (χ2v) is 5.30. The minimum atomic E-state index is -0.198. The van der Waals surface area contributed by atoms with Crippen LogP contribution in [0, 0.1) is 11.7 Å². The molecular formula is C14H18BrFO. The van der Waals surface area contributed by atoms with Crippen molar-refractivity contribution in [1.82, 2.24) is 0 Å². The Morgan fingerprint density at radius 2 is 2.24 bits per heavy atom. The molecule has 0 aliphatic heterocycles. The molecule has 0 bridgehead atoms. The Morgan fingerprint density at radius 3 is 2.82 bits per heavy atom. The topological polar surface area (TPSA) is 9.23 Å². The third kappa shape index (κ3) is 3.78. The van der Waals surface area contributed by atoms with E-state index in [0.29, 0.717) is 5.33 Å². The molecule has 0 aromatic heterocycles. The summed E-state index contributed by atoms with van der Waals surface area (Å²) in [6.07, 6.45) is 5.17. The summed E-state index contributed by atoms with van der Waals surface area (Å²) < 4.78 is 18.9.